The number of esters is 1. The zero-order valence-corrected chi connectivity index (χ0v) is 17.5. The van der Waals surface area contributed by atoms with E-state index in [0.29, 0.717) is 0 Å². The molecule has 1 amide bonds. The molecule has 0 spiro atoms. The summed E-state index contributed by atoms with van der Waals surface area (Å²) in [5.74, 6) is -0.583. The fourth-order valence-corrected chi connectivity index (χ4v) is 3.16. The molecule has 1 heterocycles. The van der Waals surface area contributed by atoms with Crippen LogP contribution in [0.15, 0.2) is 12.2 Å². The number of nitrogens with zero attached hydrogens (tertiary/aromatic N) is 1. The van der Waals surface area contributed by atoms with Crippen LogP contribution in [0.3, 0.4) is 0 Å². The Labute approximate surface area is 157 Å². The minimum absolute atomic E-state index is 0.210. The molecule has 0 unspecified atom stereocenters. The molecule has 150 valence electrons. The van der Waals surface area contributed by atoms with Crippen LogP contribution in [0.2, 0.25) is 0 Å². The first kappa shape index (κ1) is 22.5. The lowest BCUT2D eigenvalue weighted by Crippen LogP contribution is -2.49. The first-order valence-corrected chi connectivity index (χ1v) is 9.39. The van der Waals surface area contributed by atoms with E-state index in [1.807, 2.05) is 53.7 Å². The highest BCUT2D eigenvalue weighted by molar-refractivity contribution is 5.74. The van der Waals surface area contributed by atoms with E-state index in [2.05, 4.69) is 6.92 Å². The van der Waals surface area contributed by atoms with E-state index in [9.17, 15) is 9.59 Å². The summed E-state index contributed by atoms with van der Waals surface area (Å²) >= 11 is 0. The quantitative estimate of drug-likeness (QED) is 0.516. The normalized spacial score (nSPS) is 23.9. The summed E-state index contributed by atoms with van der Waals surface area (Å²) in [5, 5.41) is 0. The molecule has 1 aliphatic heterocycles. The molecule has 0 aromatic carbocycles. The Morgan fingerprint density at radius 2 is 1.92 bits per heavy atom. The minimum Gasteiger partial charge on any atom is -0.469 e. The number of hydrogen-bond donors (Lipinski definition) is 0. The van der Waals surface area contributed by atoms with E-state index in [-0.39, 0.29) is 24.0 Å². The Morgan fingerprint density at radius 3 is 2.42 bits per heavy atom. The van der Waals surface area contributed by atoms with Crippen molar-refractivity contribution in [3.8, 4) is 0 Å². The maximum atomic E-state index is 12.7. The van der Waals surface area contributed by atoms with Gasteiger partial charge in [0.2, 0.25) is 0 Å². The molecule has 0 aromatic rings. The van der Waals surface area contributed by atoms with E-state index >= 15 is 0 Å². The van der Waals surface area contributed by atoms with Crippen molar-refractivity contribution in [3.63, 3.8) is 0 Å². The summed E-state index contributed by atoms with van der Waals surface area (Å²) in [6.07, 6.45) is 5.73. The lowest BCUT2D eigenvalue weighted by molar-refractivity contribution is -0.143. The van der Waals surface area contributed by atoms with Gasteiger partial charge in [0.05, 0.1) is 25.2 Å². The number of carbonyl (C=O) groups is 2. The molecule has 0 saturated carbocycles. The second-order valence-corrected chi connectivity index (χ2v) is 8.27. The van der Waals surface area contributed by atoms with E-state index in [0.717, 1.165) is 19.3 Å². The topological polar surface area (TPSA) is 65.1 Å². The van der Waals surface area contributed by atoms with Gasteiger partial charge < -0.3 is 14.2 Å². The third kappa shape index (κ3) is 6.01. The lowest BCUT2D eigenvalue weighted by atomic mass is 9.99. The van der Waals surface area contributed by atoms with Gasteiger partial charge in [-0.3, -0.25) is 9.69 Å². The predicted molar refractivity (Wildman–Crippen MR) is 101 cm³/mol. The van der Waals surface area contributed by atoms with Gasteiger partial charge in [-0.25, -0.2) is 4.79 Å². The molecule has 0 bridgehead atoms. The Hall–Kier alpha value is -1.56. The van der Waals surface area contributed by atoms with Crippen molar-refractivity contribution < 1.29 is 23.8 Å². The van der Waals surface area contributed by atoms with Gasteiger partial charge in [-0.2, -0.15) is 0 Å². The number of unbranched alkanes of at least 4 members (excludes halogenated alkanes) is 1. The number of rotatable bonds is 6. The highest BCUT2D eigenvalue weighted by atomic mass is 16.6. The third-order valence-corrected chi connectivity index (χ3v) is 4.34. The second-order valence-electron chi connectivity index (χ2n) is 8.27. The van der Waals surface area contributed by atoms with Gasteiger partial charge in [0, 0.05) is 0 Å². The van der Waals surface area contributed by atoms with Gasteiger partial charge in [-0.15, -0.1) is 0 Å². The zero-order chi connectivity index (χ0) is 20.1. The van der Waals surface area contributed by atoms with Gasteiger partial charge >= 0.3 is 12.1 Å². The summed E-state index contributed by atoms with van der Waals surface area (Å²) in [4.78, 5) is 26.4. The van der Waals surface area contributed by atoms with E-state index in [4.69, 9.17) is 14.2 Å². The van der Waals surface area contributed by atoms with Gasteiger partial charge in [-0.1, -0.05) is 31.9 Å². The molecule has 1 fully saturated rings. The fraction of sp³-hybridized carbons (Fsp3) is 0.800. The van der Waals surface area contributed by atoms with Crippen LogP contribution >= 0.6 is 0 Å². The second kappa shape index (κ2) is 8.89. The van der Waals surface area contributed by atoms with E-state index in [1.165, 1.54) is 7.11 Å². The smallest absolute Gasteiger partial charge is 0.413 e. The predicted octanol–water partition coefficient (Wildman–Crippen LogP) is 4.28. The van der Waals surface area contributed by atoms with Crippen molar-refractivity contribution in [1.82, 2.24) is 4.90 Å². The monoisotopic (exact) mass is 369 g/mol. The first-order valence-electron chi connectivity index (χ1n) is 9.39. The summed E-state index contributed by atoms with van der Waals surface area (Å²) in [6, 6.07) is -0.311. The molecule has 6 nitrogen and oxygen atoms in total. The maximum Gasteiger partial charge on any atom is 0.413 e. The zero-order valence-electron chi connectivity index (χ0n) is 17.5. The highest BCUT2D eigenvalue weighted by Crippen LogP contribution is 2.34. The Bertz CT molecular complexity index is 521. The number of ether oxygens (including phenoxy) is 3. The molecule has 6 heteroatoms. The van der Waals surface area contributed by atoms with Gasteiger partial charge in [-0.05, 0) is 48.0 Å². The van der Waals surface area contributed by atoms with Crippen molar-refractivity contribution in [2.75, 3.05) is 7.11 Å². The average molecular weight is 370 g/mol. The minimum atomic E-state index is -0.791. The molecule has 0 radical (unpaired) electrons. The van der Waals surface area contributed by atoms with Crippen LogP contribution < -0.4 is 0 Å². The van der Waals surface area contributed by atoms with Crippen LogP contribution in [0.4, 0.5) is 4.79 Å². The Morgan fingerprint density at radius 1 is 1.31 bits per heavy atom. The van der Waals surface area contributed by atoms with Crippen molar-refractivity contribution in [2.45, 2.75) is 91.2 Å². The summed E-state index contributed by atoms with van der Waals surface area (Å²) in [5.41, 5.74) is -1.39. The van der Waals surface area contributed by atoms with Crippen LogP contribution in [0.1, 0.15) is 67.7 Å². The fourth-order valence-electron chi connectivity index (χ4n) is 3.16. The Balaban J connectivity index is 3.04. The molecule has 1 aliphatic rings. The van der Waals surface area contributed by atoms with E-state index in [1.54, 1.807) is 4.90 Å². The number of hydrogen-bond acceptors (Lipinski definition) is 5. The van der Waals surface area contributed by atoms with Gasteiger partial charge in [0.25, 0.3) is 0 Å². The molecular weight excluding hydrogens is 334 g/mol. The van der Waals surface area contributed by atoms with Crippen molar-refractivity contribution in [2.24, 2.45) is 5.92 Å². The molecule has 3 atom stereocenters. The van der Waals surface area contributed by atoms with Crippen LogP contribution in [0.5, 0.6) is 0 Å². The van der Waals surface area contributed by atoms with Crippen molar-refractivity contribution in [1.29, 1.82) is 0 Å². The van der Waals surface area contributed by atoms with Crippen molar-refractivity contribution in [3.05, 3.63) is 12.2 Å². The highest BCUT2D eigenvalue weighted by Gasteiger charge is 2.48. The molecule has 1 rings (SSSR count). The average Bonchev–Trinajstić information content (AvgIpc) is 2.73. The first-order chi connectivity index (χ1) is 11.9. The molecule has 0 N–H and O–H groups in total. The largest absolute Gasteiger partial charge is 0.469 e. The summed E-state index contributed by atoms with van der Waals surface area (Å²) in [7, 11) is 1.40. The molecular formula is C20H35NO5. The third-order valence-electron chi connectivity index (χ3n) is 4.34. The van der Waals surface area contributed by atoms with Gasteiger partial charge in [0.15, 0.2) is 0 Å². The standard InChI is InChI=1S/C20H35NO5/c1-9-10-11-15(17(22)24-8)12-13-16-14(2)25-20(6,7)21(16)18(23)26-19(3,4)5/h12-16H,9-11H2,1-8H3/b13-12+/t14-,15+,16-/m1/s1. The number of amides is 1. The molecule has 26 heavy (non-hydrogen) atoms. The van der Waals surface area contributed by atoms with Crippen LogP contribution in [0, 0.1) is 5.92 Å². The number of carbonyl (C=O) groups excluding carboxylic acids is 2. The molecule has 0 aromatic heterocycles. The Kier molecular flexibility index (Phi) is 7.69. The van der Waals surface area contributed by atoms with Crippen LogP contribution in [-0.4, -0.2) is 47.5 Å². The van der Waals surface area contributed by atoms with Gasteiger partial charge in [0.1, 0.15) is 11.3 Å². The molecule has 1 saturated heterocycles. The summed E-state index contributed by atoms with van der Waals surface area (Å²) in [6.45, 7) is 13.2. The lowest BCUT2D eigenvalue weighted by Gasteiger charge is -2.34. The number of methoxy groups -OCH3 is 1. The molecule has 0 aliphatic carbocycles. The maximum absolute atomic E-state index is 12.7. The SMILES string of the molecule is CCCC[C@@H](/C=C/[C@@H]1[C@@H](C)OC(C)(C)N1C(=O)OC(C)(C)C)C(=O)OC. The summed E-state index contributed by atoms with van der Waals surface area (Å²) < 4.78 is 16.4. The van der Waals surface area contributed by atoms with Crippen molar-refractivity contribution >= 4 is 12.1 Å². The van der Waals surface area contributed by atoms with Crippen LogP contribution in [0.25, 0.3) is 0 Å². The van der Waals surface area contributed by atoms with E-state index < -0.39 is 17.4 Å². The van der Waals surface area contributed by atoms with Crippen LogP contribution in [-0.2, 0) is 19.0 Å².